The fourth-order valence-corrected chi connectivity index (χ4v) is 4.92. The summed E-state index contributed by atoms with van der Waals surface area (Å²) in [7, 11) is 3.03. The average Bonchev–Trinajstić information content (AvgIpc) is 3.21. The molecule has 2 amide bonds. The molecule has 178 valence electrons. The number of aromatic amines is 1. The zero-order valence-electron chi connectivity index (χ0n) is 19.4. The molecule has 0 saturated carbocycles. The molecule has 1 N–H and O–H groups in total. The fraction of sp³-hybridized carbons (Fsp3) is 0.346. The van der Waals surface area contributed by atoms with Crippen LogP contribution < -0.4 is 0 Å². The number of rotatable bonds is 5. The fourth-order valence-electron chi connectivity index (χ4n) is 4.68. The monoisotopic (exact) mass is 483 g/mol. The molecule has 0 aliphatic carbocycles. The standard InChI is InChI=1S/C26H27ClFN3O3/c1-15-10-17(11-16-4-6-18(28)7-5-16)8-9-31(15)25(33)20-12-19-21(24(32)26(34)30(2)3)14-29-23(19)13-22(20)27/h4-7,12-15,17,29H,8-11H2,1-3H3. The van der Waals surface area contributed by atoms with Crippen LogP contribution in [0.15, 0.2) is 42.6 Å². The number of likely N-dealkylation sites (N-methyl/N-ethyl adjacent to an activating group) is 1. The molecule has 6 nitrogen and oxygen atoms in total. The molecule has 3 aromatic rings. The maximum Gasteiger partial charge on any atom is 0.294 e. The highest BCUT2D eigenvalue weighted by Crippen LogP contribution is 2.31. The van der Waals surface area contributed by atoms with Crippen molar-refractivity contribution in [2.24, 2.45) is 5.92 Å². The minimum absolute atomic E-state index is 0.00103. The summed E-state index contributed by atoms with van der Waals surface area (Å²) in [6, 6.07) is 9.79. The van der Waals surface area contributed by atoms with Crippen molar-refractivity contribution in [2.75, 3.05) is 20.6 Å². The molecule has 8 heteroatoms. The molecule has 1 aliphatic heterocycles. The van der Waals surface area contributed by atoms with E-state index in [-0.39, 0.29) is 28.4 Å². The van der Waals surface area contributed by atoms with Crippen molar-refractivity contribution < 1.29 is 18.8 Å². The highest BCUT2D eigenvalue weighted by Gasteiger charge is 2.31. The van der Waals surface area contributed by atoms with E-state index in [9.17, 15) is 18.8 Å². The molecule has 0 radical (unpaired) electrons. The lowest BCUT2D eigenvalue weighted by Gasteiger charge is -2.38. The van der Waals surface area contributed by atoms with Gasteiger partial charge in [0, 0.05) is 43.8 Å². The molecule has 2 aromatic carbocycles. The summed E-state index contributed by atoms with van der Waals surface area (Å²) in [6.07, 6.45) is 3.98. The third-order valence-corrected chi connectivity index (χ3v) is 6.84. The van der Waals surface area contributed by atoms with Gasteiger partial charge in [0.15, 0.2) is 0 Å². The van der Waals surface area contributed by atoms with Gasteiger partial charge in [0.1, 0.15) is 5.82 Å². The molecule has 0 bridgehead atoms. The number of ketones is 1. The Kier molecular flexibility index (Phi) is 6.75. The van der Waals surface area contributed by atoms with Crippen molar-refractivity contribution in [3.63, 3.8) is 0 Å². The van der Waals surface area contributed by atoms with Gasteiger partial charge in [-0.25, -0.2) is 4.39 Å². The number of Topliss-reactive ketones (excluding diaryl/α,β-unsaturated/α-hetero) is 1. The van der Waals surface area contributed by atoms with Crippen molar-refractivity contribution in [1.82, 2.24) is 14.8 Å². The van der Waals surface area contributed by atoms with E-state index in [1.165, 1.54) is 37.3 Å². The Hall–Kier alpha value is -3.19. The number of hydrogen-bond donors (Lipinski definition) is 1. The van der Waals surface area contributed by atoms with Crippen LogP contribution in [-0.2, 0) is 11.2 Å². The van der Waals surface area contributed by atoms with Crippen molar-refractivity contribution in [1.29, 1.82) is 0 Å². The molecular formula is C26H27ClFN3O3. The summed E-state index contributed by atoms with van der Waals surface area (Å²) in [5.74, 6) is -1.33. The van der Waals surface area contributed by atoms with Crippen LogP contribution in [-0.4, -0.2) is 59.1 Å². The summed E-state index contributed by atoms with van der Waals surface area (Å²) < 4.78 is 13.2. The van der Waals surface area contributed by atoms with E-state index in [0.29, 0.717) is 28.9 Å². The van der Waals surface area contributed by atoms with Crippen molar-refractivity contribution in [2.45, 2.75) is 32.2 Å². The molecule has 34 heavy (non-hydrogen) atoms. The first kappa shape index (κ1) is 24.0. The van der Waals surface area contributed by atoms with Crippen molar-refractivity contribution in [3.05, 3.63) is 70.1 Å². The van der Waals surface area contributed by atoms with Gasteiger partial charge in [-0.05, 0) is 61.9 Å². The summed E-state index contributed by atoms with van der Waals surface area (Å²) in [5.41, 5.74) is 2.20. The van der Waals surface area contributed by atoms with E-state index >= 15 is 0 Å². The number of nitrogens with one attached hydrogen (secondary N) is 1. The Morgan fingerprint density at radius 3 is 2.50 bits per heavy atom. The van der Waals surface area contributed by atoms with E-state index in [0.717, 1.165) is 24.8 Å². The summed E-state index contributed by atoms with van der Waals surface area (Å²) >= 11 is 6.46. The number of halogens is 2. The first-order valence-electron chi connectivity index (χ1n) is 11.3. The highest BCUT2D eigenvalue weighted by atomic mass is 35.5. The third-order valence-electron chi connectivity index (χ3n) is 6.53. The molecule has 2 unspecified atom stereocenters. The molecule has 0 spiro atoms. The number of carbonyl (C=O) groups excluding carboxylic acids is 3. The average molecular weight is 484 g/mol. The van der Waals surface area contributed by atoms with E-state index in [1.807, 2.05) is 24.0 Å². The predicted molar refractivity (Wildman–Crippen MR) is 130 cm³/mol. The summed E-state index contributed by atoms with van der Waals surface area (Å²) in [4.78, 5) is 44.3. The number of amides is 2. The maximum absolute atomic E-state index is 13.5. The SMILES string of the molecule is CC1CC(Cc2ccc(F)cc2)CCN1C(=O)c1cc2c(C(=O)C(=O)N(C)C)c[nH]c2cc1Cl. The van der Waals surface area contributed by atoms with E-state index < -0.39 is 11.7 Å². The van der Waals surface area contributed by atoms with Crippen LogP contribution in [0.5, 0.6) is 0 Å². The first-order chi connectivity index (χ1) is 16.2. The number of fused-ring (bicyclic) bond motifs is 1. The summed E-state index contributed by atoms with van der Waals surface area (Å²) in [6.45, 7) is 2.60. The number of nitrogens with zero attached hydrogens (tertiary/aromatic N) is 2. The predicted octanol–water partition coefficient (Wildman–Crippen LogP) is 4.71. The van der Waals surface area contributed by atoms with Gasteiger partial charge in [-0.3, -0.25) is 14.4 Å². The number of hydrogen-bond acceptors (Lipinski definition) is 3. The van der Waals surface area contributed by atoms with Crippen LogP contribution in [0.2, 0.25) is 5.02 Å². The van der Waals surface area contributed by atoms with Gasteiger partial charge in [0.2, 0.25) is 0 Å². The van der Waals surface area contributed by atoms with Gasteiger partial charge < -0.3 is 14.8 Å². The first-order valence-corrected chi connectivity index (χ1v) is 11.7. The Morgan fingerprint density at radius 2 is 1.85 bits per heavy atom. The zero-order chi connectivity index (χ0) is 24.6. The van der Waals surface area contributed by atoms with Crippen LogP contribution in [0.1, 0.15) is 46.0 Å². The lowest BCUT2D eigenvalue weighted by atomic mass is 9.86. The number of piperidine rings is 1. The normalized spacial score (nSPS) is 18.2. The molecule has 4 rings (SSSR count). The van der Waals surface area contributed by atoms with Crippen molar-refractivity contribution in [3.8, 4) is 0 Å². The second kappa shape index (κ2) is 9.58. The molecule has 1 fully saturated rings. The van der Waals surface area contributed by atoms with Gasteiger partial charge in [-0.2, -0.15) is 0 Å². The Labute approximate surface area is 202 Å². The zero-order valence-corrected chi connectivity index (χ0v) is 20.2. The molecule has 1 aromatic heterocycles. The molecule has 2 atom stereocenters. The molecule has 1 aliphatic rings. The third kappa shape index (κ3) is 4.71. The smallest absolute Gasteiger partial charge is 0.294 e. The number of likely N-dealkylation sites (tertiary alicyclic amines) is 1. The van der Waals surface area contributed by atoms with Gasteiger partial charge in [0.25, 0.3) is 17.6 Å². The second-order valence-electron chi connectivity index (χ2n) is 9.18. The number of benzene rings is 2. The van der Waals surface area contributed by atoms with E-state index in [2.05, 4.69) is 4.98 Å². The highest BCUT2D eigenvalue weighted by molar-refractivity contribution is 6.45. The van der Waals surface area contributed by atoms with Gasteiger partial charge >= 0.3 is 0 Å². The van der Waals surface area contributed by atoms with Gasteiger partial charge in [-0.15, -0.1) is 0 Å². The van der Waals surface area contributed by atoms with Crippen LogP contribution in [0.25, 0.3) is 10.9 Å². The molecular weight excluding hydrogens is 457 g/mol. The topological polar surface area (TPSA) is 73.5 Å². The lowest BCUT2D eigenvalue weighted by Crippen LogP contribution is -2.45. The minimum atomic E-state index is -0.646. The molecule has 1 saturated heterocycles. The second-order valence-corrected chi connectivity index (χ2v) is 9.58. The Morgan fingerprint density at radius 1 is 1.15 bits per heavy atom. The van der Waals surface area contributed by atoms with Gasteiger partial charge in [0.05, 0.1) is 16.1 Å². The minimum Gasteiger partial charge on any atom is -0.360 e. The van der Waals surface area contributed by atoms with Crippen molar-refractivity contribution >= 4 is 40.1 Å². The van der Waals surface area contributed by atoms with Gasteiger partial charge in [-0.1, -0.05) is 23.7 Å². The quantitative estimate of drug-likeness (QED) is 0.421. The lowest BCUT2D eigenvalue weighted by molar-refractivity contribution is -0.124. The Balaban J connectivity index is 1.53. The van der Waals surface area contributed by atoms with Crippen LogP contribution >= 0.6 is 11.6 Å². The maximum atomic E-state index is 13.5. The van der Waals surface area contributed by atoms with E-state index in [4.69, 9.17) is 11.6 Å². The number of aromatic nitrogens is 1. The molecule has 2 heterocycles. The van der Waals surface area contributed by atoms with Crippen LogP contribution in [0.3, 0.4) is 0 Å². The largest absolute Gasteiger partial charge is 0.360 e. The number of carbonyl (C=O) groups is 3. The number of H-pyrrole nitrogens is 1. The van der Waals surface area contributed by atoms with E-state index in [1.54, 1.807) is 12.1 Å². The Bertz CT molecular complexity index is 1250. The summed E-state index contributed by atoms with van der Waals surface area (Å²) in [5, 5.41) is 0.782. The van der Waals surface area contributed by atoms with Crippen LogP contribution in [0.4, 0.5) is 4.39 Å². The van der Waals surface area contributed by atoms with Crippen LogP contribution in [0, 0.1) is 11.7 Å².